The van der Waals surface area contributed by atoms with Gasteiger partial charge in [0.1, 0.15) is 5.82 Å². The van der Waals surface area contributed by atoms with E-state index in [1.165, 1.54) is 0 Å². The van der Waals surface area contributed by atoms with Crippen molar-refractivity contribution >= 4 is 32.7 Å². The van der Waals surface area contributed by atoms with Crippen LogP contribution >= 0.6 is 0 Å². The lowest BCUT2D eigenvalue weighted by atomic mass is 10.1. The molecule has 3 aromatic rings. The highest BCUT2D eigenvalue weighted by Gasteiger charge is 2.26. The molecule has 1 saturated heterocycles. The molecule has 1 fully saturated rings. The van der Waals surface area contributed by atoms with Gasteiger partial charge in [0.25, 0.3) is 0 Å². The van der Waals surface area contributed by atoms with Crippen LogP contribution in [0.15, 0.2) is 41.3 Å². The van der Waals surface area contributed by atoms with Gasteiger partial charge in [0.05, 0.1) is 15.9 Å². The second-order valence-electron chi connectivity index (χ2n) is 8.50. The molecule has 1 amide bonds. The van der Waals surface area contributed by atoms with Gasteiger partial charge in [-0.25, -0.2) is 13.4 Å². The summed E-state index contributed by atoms with van der Waals surface area (Å²) in [7, 11) is -1.61. The largest absolute Gasteiger partial charge is 0.331 e. The molecular formula is C24H30N4O3S. The second kappa shape index (κ2) is 9.03. The molecule has 1 aliphatic rings. The number of hydrogen-bond acceptors (Lipinski definition) is 4. The van der Waals surface area contributed by atoms with E-state index in [0.29, 0.717) is 31.4 Å². The molecular weight excluding hydrogens is 424 g/mol. The van der Waals surface area contributed by atoms with Crippen LogP contribution in [0.3, 0.4) is 0 Å². The molecule has 0 saturated carbocycles. The molecule has 0 spiro atoms. The number of benzene rings is 2. The van der Waals surface area contributed by atoms with Crippen LogP contribution < -0.4 is 5.32 Å². The third-order valence-corrected chi connectivity index (χ3v) is 8.25. The summed E-state index contributed by atoms with van der Waals surface area (Å²) in [4.78, 5) is 17.4. The minimum Gasteiger partial charge on any atom is -0.331 e. The molecule has 0 bridgehead atoms. The highest BCUT2D eigenvalue weighted by molar-refractivity contribution is 7.89. The smallest absolute Gasteiger partial charge is 0.243 e. The maximum Gasteiger partial charge on any atom is 0.243 e. The SMILES string of the molecule is Cc1cccc(NC(=O)CCc2nc3cc(S(=O)(=O)N4CCCCC4)ccc3n2C)c1C. The molecule has 0 atom stereocenters. The van der Waals surface area contributed by atoms with Crippen molar-refractivity contribution in [2.45, 2.75) is 50.8 Å². The number of piperidine rings is 1. The number of anilines is 1. The number of aryl methyl sites for hydroxylation is 3. The van der Waals surface area contributed by atoms with Crippen molar-refractivity contribution in [3.05, 3.63) is 53.3 Å². The summed E-state index contributed by atoms with van der Waals surface area (Å²) in [6.07, 6.45) is 3.64. The molecule has 4 rings (SSSR count). The van der Waals surface area contributed by atoms with E-state index < -0.39 is 10.0 Å². The average molecular weight is 455 g/mol. The number of carbonyl (C=O) groups is 1. The zero-order chi connectivity index (χ0) is 22.9. The maximum absolute atomic E-state index is 13.0. The molecule has 32 heavy (non-hydrogen) atoms. The Kier molecular flexibility index (Phi) is 6.35. The highest BCUT2D eigenvalue weighted by Crippen LogP contribution is 2.25. The molecule has 170 valence electrons. The number of nitrogens with one attached hydrogen (secondary N) is 1. The van der Waals surface area contributed by atoms with Crippen LogP contribution in [-0.2, 0) is 28.3 Å². The van der Waals surface area contributed by atoms with Crippen LogP contribution in [0.4, 0.5) is 5.69 Å². The fourth-order valence-electron chi connectivity index (χ4n) is 4.19. The summed E-state index contributed by atoms with van der Waals surface area (Å²) in [6, 6.07) is 11.0. The lowest BCUT2D eigenvalue weighted by molar-refractivity contribution is -0.116. The van der Waals surface area contributed by atoms with Crippen LogP contribution in [0, 0.1) is 13.8 Å². The average Bonchev–Trinajstić information content (AvgIpc) is 3.11. The van der Waals surface area contributed by atoms with Gasteiger partial charge < -0.3 is 9.88 Å². The van der Waals surface area contributed by atoms with E-state index in [4.69, 9.17) is 0 Å². The maximum atomic E-state index is 13.0. The number of imidazole rings is 1. The minimum atomic E-state index is -3.51. The Bertz CT molecular complexity index is 1260. The molecule has 1 N–H and O–H groups in total. The van der Waals surface area contributed by atoms with Gasteiger partial charge in [0, 0.05) is 38.7 Å². The van der Waals surface area contributed by atoms with Gasteiger partial charge in [-0.05, 0) is 62.1 Å². The molecule has 1 aliphatic heterocycles. The van der Waals surface area contributed by atoms with Gasteiger partial charge in [-0.1, -0.05) is 18.6 Å². The Morgan fingerprint density at radius 1 is 1.09 bits per heavy atom. The van der Waals surface area contributed by atoms with Gasteiger partial charge in [-0.3, -0.25) is 4.79 Å². The first kappa shape index (κ1) is 22.5. The molecule has 8 heteroatoms. The van der Waals surface area contributed by atoms with Crippen molar-refractivity contribution in [1.82, 2.24) is 13.9 Å². The number of nitrogens with zero attached hydrogens (tertiary/aromatic N) is 3. The minimum absolute atomic E-state index is 0.0703. The van der Waals surface area contributed by atoms with Gasteiger partial charge >= 0.3 is 0 Å². The predicted molar refractivity (Wildman–Crippen MR) is 126 cm³/mol. The summed E-state index contributed by atoms with van der Waals surface area (Å²) in [5, 5.41) is 2.98. The van der Waals surface area contributed by atoms with Crippen LogP contribution in [0.25, 0.3) is 11.0 Å². The van der Waals surface area contributed by atoms with Crippen LogP contribution in [0.2, 0.25) is 0 Å². The van der Waals surface area contributed by atoms with Crippen molar-refractivity contribution in [2.24, 2.45) is 7.05 Å². The van der Waals surface area contributed by atoms with Crippen LogP contribution in [0.5, 0.6) is 0 Å². The van der Waals surface area contributed by atoms with Crippen molar-refractivity contribution in [2.75, 3.05) is 18.4 Å². The number of aromatic nitrogens is 2. The van der Waals surface area contributed by atoms with Crippen LogP contribution in [0.1, 0.15) is 42.6 Å². The van der Waals surface area contributed by atoms with E-state index >= 15 is 0 Å². The summed E-state index contributed by atoms with van der Waals surface area (Å²) in [5.41, 5.74) is 4.51. The predicted octanol–water partition coefficient (Wildman–Crippen LogP) is 3.94. The first-order valence-corrected chi connectivity index (χ1v) is 12.5. The van der Waals surface area contributed by atoms with Crippen molar-refractivity contribution in [3.63, 3.8) is 0 Å². The third-order valence-electron chi connectivity index (χ3n) is 6.35. The van der Waals surface area contributed by atoms with E-state index in [1.54, 1.807) is 22.5 Å². The first-order valence-electron chi connectivity index (χ1n) is 11.1. The fourth-order valence-corrected chi connectivity index (χ4v) is 5.73. The van der Waals surface area contributed by atoms with Gasteiger partial charge in [0.15, 0.2) is 0 Å². The highest BCUT2D eigenvalue weighted by atomic mass is 32.2. The summed E-state index contributed by atoms with van der Waals surface area (Å²) in [5.74, 6) is 0.683. The summed E-state index contributed by atoms with van der Waals surface area (Å²) < 4.78 is 29.5. The monoisotopic (exact) mass is 454 g/mol. The Hall–Kier alpha value is -2.71. The van der Waals surface area contributed by atoms with E-state index in [-0.39, 0.29) is 10.8 Å². The zero-order valence-corrected chi connectivity index (χ0v) is 19.7. The fraction of sp³-hybridized carbons (Fsp3) is 0.417. The number of fused-ring (bicyclic) bond motifs is 1. The van der Waals surface area contributed by atoms with Crippen molar-refractivity contribution < 1.29 is 13.2 Å². The molecule has 7 nitrogen and oxygen atoms in total. The summed E-state index contributed by atoms with van der Waals surface area (Å²) >= 11 is 0. The molecule has 2 heterocycles. The number of carbonyl (C=O) groups excluding carboxylic acids is 1. The van der Waals surface area contributed by atoms with E-state index in [0.717, 1.165) is 47.4 Å². The van der Waals surface area contributed by atoms with E-state index in [9.17, 15) is 13.2 Å². The second-order valence-corrected chi connectivity index (χ2v) is 10.4. The Balaban J connectivity index is 1.49. The zero-order valence-electron chi connectivity index (χ0n) is 18.9. The van der Waals surface area contributed by atoms with Crippen LogP contribution in [-0.4, -0.2) is 41.3 Å². The Labute approximate surface area is 189 Å². The summed E-state index contributed by atoms with van der Waals surface area (Å²) in [6.45, 7) is 5.16. The van der Waals surface area contributed by atoms with E-state index in [1.807, 2.05) is 43.7 Å². The Morgan fingerprint density at radius 2 is 1.84 bits per heavy atom. The molecule has 0 aliphatic carbocycles. The van der Waals surface area contributed by atoms with Crippen molar-refractivity contribution in [1.29, 1.82) is 0 Å². The molecule has 0 unspecified atom stereocenters. The Morgan fingerprint density at radius 3 is 2.59 bits per heavy atom. The van der Waals surface area contributed by atoms with Gasteiger partial charge in [-0.2, -0.15) is 4.31 Å². The molecule has 2 aromatic carbocycles. The molecule has 1 aromatic heterocycles. The number of hydrogen-bond donors (Lipinski definition) is 1. The van der Waals surface area contributed by atoms with Gasteiger partial charge in [0.2, 0.25) is 15.9 Å². The first-order chi connectivity index (χ1) is 15.3. The standard InChI is InChI=1S/C24H30N4O3S/c1-17-8-7-9-20(18(17)2)26-24(29)13-12-23-25-21-16-19(10-11-22(21)27(23)3)32(30,31)28-14-5-4-6-15-28/h7-11,16H,4-6,12-15H2,1-3H3,(H,26,29). The number of sulfonamides is 1. The molecule has 0 radical (unpaired) electrons. The topological polar surface area (TPSA) is 84.3 Å². The number of amides is 1. The third kappa shape index (κ3) is 4.42. The van der Waals surface area contributed by atoms with Crippen molar-refractivity contribution in [3.8, 4) is 0 Å². The lowest BCUT2D eigenvalue weighted by Gasteiger charge is -2.25. The number of rotatable bonds is 6. The lowest BCUT2D eigenvalue weighted by Crippen LogP contribution is -2.35. The quantitative estimate of drug-likeness (QED) is 0.612. The van der Waals surface area contributed by atoms with E-state index in [2.05, 4.69) is 10.3 Å². The van der Waals surface area contributed by atoms with Gasteiger partial charge in [-0.15, -0.1) is 0 Å². The normalized spacial score (nSPS) is 15.2.